The lowest BCUT2D eigenvalue weighted by molar-refractivity contribution is -0.114. The van der Waals surface area contributed by atoms with Gasteiger partial charge >= 0.3 is 0 Å². The molecule has 0 aliphatic heterocycles. The molecule has 0 bridgehead atoms. The lowest BCUT2D eigenvalue weighted by Gasteiger charge is -2.40. The summed E-state index contributed by atoms with van der Waals surface area (Å²) in [5.41, 5.74) is 2.11. The molecule has 1 amide bonds. The van der Waals surface area contributed by atoms with Crippen LogP contribution in [0.3, 0.4) is 0 Å². The van der Waals surface area contributed by atoms with Crippen molar-refractivity contribution in [3.63, 3.8) is 0 Å². The van der Waals surface area contributed by atoms with Gasteiger partial charge in [0.05, 0.1) is 0 Å². The molecule has 2 N–H and O–H groups in total. The maximum atomic E-state index is 10.9. The predicted molar refractivity (Wildman–Crippen MR) is 82.5 cm³/mol. The molecular weight excluding hydrogens is 256 g/mol. The number of hydrogen-bond donors (Lipinski definition) is 2. The molecule has 2 rings (SSSR count). The van der Waals surface area contributed by atoms with Crippen LogP contribution in [-0.4, -0.2) is 23.5 Å². The monoisotopic (exact) mass is 278 g/mol. The first kappa shape index (κ1) is 14.4. The highest BCUT2D eigenvalue weighted by Crippen LogP contribution is 2.42. The maximum absolute atomic E-state index is 10.9. The van der Waals surface area contributed by atoms with Crippen molar-refractivity contribution < 1.29 is 4.79 Å². The summed E-state index contributed by atoms with van der Waals surface area (Å²) in [5, 5.41) is 6.32. The van der Waals surface area contributed by atoms with Crippen LogP contribution in [0.1, 0.15) is 31.7 Å². The molecular formula is C15H22N2OS. The fourth-order valence-corrected chi connectivity index (χ4v) is 3.31. The number of hydrogen-bond acceptors (Lipinski definition) is 3. The first-order valence-corrected chi connectivity index (χ1v) is 7.98. The van der Waals surface area contributed by atoms with Crippen molar-refractivity contribution in [3.8, 4) is 0 Å². The van der Waals surface area contributed by atoms with Gasteiger partial charge in [0.15, 0.2) is 0 Å². The molecule has 4 heteroatoms. The third-order valence-corrected chi connectivity index (χ3v) is 5.17. The second-order valence-corrected chi connectivity index (χ2v) is 6.50. The number of anilines is 1. The lowest BCUT2D eigenvalue weighted by Crippen LogP contribution is -2.43. The van der Waals surface area contributed by atoms with E-state index in [9.17, 15) is 4.79 Å². The van der Waals surface area contributed by atoms with Gasteiger partial charge < -0.3 is 10.6 Å². The van der Waals surface area contributed by atoms with E-state index in [0.29, 0.717) is 4.75 Å². The van der Waals surface area contributed by atoms with Gasteiger partial charge in [-0.25, -0.2) is 0 Å². The van der Waals surface area contributed by atoms with Gasteiger partial charge in [0.2, 0.25) is 5.91 Å². The number of carbonyl (C=O) groups excluding carboxylic acids is 1. The second kappa shape index (κ2) is 6.44. The highest BCUT2D eigenvalue weighted by atomic mass is 32.2. The predicted octanol–water partition coefficient (Wildman–Crippen LogP) is 3.02. The van der Waals surface area contributed by atoms with Crippen LogP contribution in [0, 0.1) is 0 Å². The van der Waals surface area contributed by atoms with Gasteiger partial charge in [0, 0.05) is 30.4 Å². The van der Waals surface area contributed by atoms with E-state index in [0.717, 1.165) is 18.8 Å². The molecule has 0 radical (unpaired) electrons. The molecule has 0 unspecified atom stereocenters. The van der Waals surface area contributed by atoms with Crippen LogP contribution >= 0.6 is 11.8 Å². The molecule has 0 saturated heterocycles. The number of benzene rings is 1. The van der Waals surface area contributed by atoms with E-state index in [-0.39, 0.29) is 5.91 Å². The summed E-state index contributed by atoms with van der Waals surface area (Å²) >= 11 is 1.99. The standard InChI is InChI=1S/C15H22N2OS/c1-12(18)17-14-6-4-13(5-7-14)10-16-11-15(19-2)8-3-9-15/h4-7,16H,3,8-11H2,1-2H3,(H,17,18). The number of rotatable bonds is 6. The zero-order valence-electron chi connectivity index (χ0n) is 11.7. The number of carbonyl (C=O) groups is 1. The van der Waals surface area contributed by atoms with E-state index >= 15 is 0 Å². The molecule has 1 aromatic carbocycles. The van der Waals surface area contributed by atoms with E-state index in [1.807, 2.05) is 23.9 Å². The minimum absolute atomic E-state index is 0.0298. The van der Waals surface area contributed by atoms with Crippen LogP contribution in [0.25, 0.3) is 0 Å². The van der Waals surface area contributed by atoms with Crippen LogP contribution in [-0.2, 0) is 11.3 Å². The fourth-order valence-electron chi connectivity index (χ4n) is 2.37. The Morgan fingerprint density at radius 1 is 1.32 bits per heavy atom. The summed E-state index contributed by atoms with van der Waals surface area (Å²) < 4.78 is 0.482. The number of amides is 1. The largest absolute Gasteiger partial charge is 0.326 e. The first-order valence-electron chi connectivity index (χ1n) is 6.76. The molecule has 1 fully saturated rings. The van der Waals surface area contributed by atoms with Crippen molar-refractivity contribution in [1.82, 2.24) is 5.32 Å². The summed E-state index contributed by atoms with van der Waals surface area (Å²) in [4.78, 5) is 10.9. The van der Waals surface area contributed by atoms with E-state index < -0.39 is 0 Å². The van der Waals surface area contributed by atoms with Crippen LogP contribution in [0.15, 0.2) is 24.3 Å². The van der Waals surface area contributed by atoms with Crippen molar-refractivity contribution in [2.45, 2.75) is 37.5 Å². The SMILES string of the molecule is CSC1(CNCc2ccc(NC(C)=O)cc2)CCC1. The molecule has 0 heterocycles. The van der Waals surface area contributed by atoms with Gasteiger partial charge in [-0.1, -0.05) is 18.6 Å². The van der Waals surface area contributed by atoms with Crippen LogP contribution in [0.2, 0.25) is 0 Å². The van der Waals surface area contributed by atoms with Crippen molar-refractivity contribution in [2.24, 2.45) is 0 Å². The number of nitrogens with one attached hydrogen (secondary N) is 2. The topological polar surface area (TPSA) is 41.1 Å². The molecule has 1 aliphatic rings. The van der Waals surface area contributed by atoms with E-state index in [2.05, 4.69) is 29.0 Å². The van der Waals surface area contributed by atoms with Gasteiger partial charge in [0.1, 0.15) is 0 Å². The van der Waals surface area contributed by atoms with Crippen LogP contribution in [0.5, 0.6) is 0 Å². The van der Waals surface area contributed by atoms with E-state index in [1.54, 1.807) is 0 Å². The van der Waals surface area contributed by atoms with Crippen LogP contribution < -0.4 is 10.6 Å². The maximum Gasteiger partial charge on any atom is 0.221 e. The van der Waals surface area contributed by atoms with Crippen molar-refractivity contribution >= 4 is 23.4 Å². The minimum atomic E-state index is -0.0298. The van der Waals surface area contributed by atoms with Gasteiger partial charge in [0.25, 0.3) is 0 Å². The Labute approximate surface area is 119 Å². The minimum Gasteiger partial charge on any atom is -0.326 e. The first-order chi connectivity index (χ1) is 9.13. The molecule has 19 heavy (non-hydrogen) atoms. The summed E-state index contributed by atoms with van der Waals surface area (Å²) in [6.07, 6.45) is 6.25. The van der Waals surface area contributed by atoms with Gasteiger partial charge in [-0.2, -0.15) is 11.8 Å². The van der Waals surface area contributed by atoms with Crippen molar-refractivity contribution in [2.75, 3.05) is 18.1 Å². The molecule has 0 spiro atoms. The van der Waals surface area contributed by atoms with Crippen LogP contribution in [0.4, 0.5) is 5.69 Å². The van der Waals surface area contributed by atoms with Gasteiger partial charge in [-0.05, 0) is 36.8 Å². The zero-order valence-corrected chi connectivity index (χ0v) is 12.5. The molecule has 104 valence electrons. The average Bonchev–Trinajstić information content (AvgIpc) is 2.34. The average molecular weight is 278 g/mol. The Morgan fingerprint density at radius 2 is 2.00 bits per heavy atom. The summed E-state index contributed by atoms with van der Waals surface area (Å²) in [6, 6.07) is 8.02. The normalized spacial score (nSPS) is 16.7. The Balaban J connectivity index is 1.78. The number of thioether (sulfide) groups is 1. The third kappa shape index (κ3) is 3.98. The van der Waals surface area contributed by atoms with E-state index in [1.165, 1.54) is 31.7 Å². The van der Waals surface area contributed by atoms with E-state index in [4.69, 9.17) is 0 Å². The Kier molecular flexibility index (Phi) is 4.88. The Hall–Kier alpha value is -1.00. The smallest absolute Gasteiger partial charge is 0.221 e. The fraction of sp³-hybridized carbons (Fsp3) is 0.533. The molecule has 1 aliphatic carbocycles. The second-order valence-electron chi connectivity index (χ2n) is 5.22. The molecule has 1 saturated carbocycles. The zero-order chi connectivity index (χ0) is 13.7. The molecule has 3 nitrogen and oxygen atoms in total. The summed E-state index contributed by atoms with van der Waals surface area (Å²) in [7, 11) is 0. The van der Waals surface area contributed by atoms with Gasteiger partial charge in [-0.15, -0.1) is 0 Å². The third-order valence-electron chi connectivity index (χ3n) is 3.75. The van der Waals surface area contributed by atoms with Crippen molar-refractivity contribution in [1.29, 1.82) is 0 Å². The quantitative estimate of drug-likeness (QED) is 0.840. The Bertz CT molecular complexity index is 421. The highest BCUT2D eigenvalue weighted by molar-refractivity contribution is 8.00. The Morgan fingerprint density at radius 3 is 2.47 bits per heavy atom. The highest BCUT2D eigenvalue weighted by Gasteiger charge is 2.35. The van der Waals surface area contributed by atoms with Gasteiger partial charge in [-0.3, -0.25) is 4.79 Å². The molecule has 0 atom stereocenters. The molecule has 1 aromatic rings. The lowest BCUT2D eigenvalue weighted by atomic mass is 9.84. The summed E-state index contributed by atoms with van der Waals surface area (Å²) in [5.74, 6) is -0.0298. The molecule has 0 aromatic heterocycles. The summed E-state index contributed by atoms with van der Waals surface area (Å²) in [6.45, 7) is 3.50. The van der Waals surface area contributed by atoms with Crippen molar-refractivity contribution in [3.05, 3.63) is 29.8 Å².